The van der Waals surface area contributed by atoms with Crippen molar-refractivity contribution in [2.75, 3.05) is 13.1 Å². The first-order valence-corrected chi connectivity index (χ1v) is 4.85. The van der Waals surface area contributed by atoms with Gasteiger partial charge in [0.05, 0.1) is 0 Å². The molecule has 0 saturated heterocycles. The molecule has 13 heavy (non-hydrogen) atoms. The van der Waals surface area contributed by atoms with Crippen LogP contribution in [0, 0.1) is 0 Å². The summed E-state index contributed by atoms with van der Waals surface area (Å²) in [6, 6.07) is 0. The first kappa shape index (κ1) is 10.1. The fourth-order valence-electron chi connectivity index (χ4n) is 1.20. The summed E-state index contributed by atoms with van der Waals surface area (Å²) in [7, 11) is 0. The number of nitrogens with one attached hydrogen (secondary N) is 3. The summed E-state index contributed by atoms with van der Waals surface area (Å²) < 4.78 is 0. The van der Waals surface area contributed by atoms with Gasteiger partial charge in [-0.1, -0.05) is 6.92 Å². The van der Waals surface area contributed by atoms with Gasteiger partial charge >= 0.3 is 0 Å². The molecule has 1 aliphatic heterocycles. The first-order chi connectivity index (χ1) is 6.24. The average Bonchev–Trinajstić information content (AvgIpc) is 2.53. The highest BCUT2D eigenvalue weighted by Crippen LogP contribution is 2.08. The minimum Gasteiger partial charge on any atom is -0.347 e. The van der Waals surface area contributed by atoms with Crippen LogP contribution in [0.25, 0.3) is 0 Å². The van der Waals surface area contributed by atoms with Crippen molar-refractivity contribution >= 4 is 0 Å². The minimum absolute atomic E-state index is 1.03. The lowest BCUT2D eigenvalue weighted by molar-refractivity contribution is 0.698. The smallest absolute Gasteiger partial charge is 0.106 e. The Labute approximate surface area is 80.3 Å². The van der Waals surface area contributed by atoms with Crippen molar-refractivity contribution in [3.8, 4) is 0 Å². The number of rotatable bonds is 4. The number of allylic oxidation sites excluding steroid dienone is 1. The maximum Gasteiger partial charge on any atom is 0.106 e. The van der Waals surface area contributed by atoms with Gasteiger partial charge in [0.15, 0.2) is 0 Å². The largest absolute Gasteiger partial charge is 0.347 e. The van der Waals surface area contributed by atoms with Crippen LogP contribution >= 0.6 is 0 Å². The molecule has 0 aliphatic carbocycles. The van der Waals surface area contributed by atoms with Crippen molar-refractivity contribution in [2.45, 2.75) is 27.2 Å². The molecule has 0 spiro atoms. The van der Waals surface area contributed by atoms with Crippen LogP contribution < -0.4 is 16.0 Å². The molecule has 3 nitrogen and oxygen atoms in total. The van der Waals surface area contributed by atoms with E-state index in [0.717, 1.165) is 25.3 Å². The van der Waals surface area contributed by atoms with E-state index in [9.17, 15) is 0 Å². The van der Waals surface area contributed by atoms with Gasteiger partial charge in [0.2, 0.25) is 0 Å². The molecule has 1 aliphatic rings. The molecule has 1 rings (SSSR count). The van der Waals surface area contributed by atoms with E-state index in [1.165, 1.54) is 11.3 Å². The molecule has 74 valence electrons. The summed E-state index contributed by atoms with van der Waals surface area (Å²) in [5.74, 6) is 1.13. The van der Waals surface area contributed by atoms with Gasteiger partial charge in [0.25, 0.3) is 0 Å². The van der Waals surface area contributed by atoms with Crippen LogP contribution in [0.4, 0.5) is 0 Å². The molecular formula is C10H19N3. The molecule has 3 N–H and O–H groups in total. The van der Waals surface area contributed by atoms with E-state index in [-0.39, 0.29) is 0 Å². The van der Waals surface area contributed by atoms with Crippen LogP contribution in [0.15, 0.2) is 23.3 Å². The third kappa shape index (κ3) is 3.11. The highest BCUT2D eigenvalue weighted by molar-refractivity contribution is 5.22. The zero-order valence-electron chi connectivity index (χ0n) is 8.70. The van der Waals surface area contributed by atoms with Gasteiger partial charge in [0, 0.05) is 24.9 Å². The predicted octanol–water partition coefficient (Wildman–Crippen LogP) is 1.27. The van der Waals surface area contributed by atoms with E-state index in [2.05, 4.69) is 36.7 Å². The van der Waals surface area contributed by atoms with Crippen LogP contribution in [0.5, 0.6) is 0 Å². The number of hydrogen-bond acceptors (Lipinski definition) is 3. The lowest BCUT2D eigenvalue weighted by Gasteiger charge is -2.06. The maximum atomic E-state index is 3.34. The van der Waals surface area contributed by atoms with Gasteiger partial charge in [-0.25, -0.2) is 0 Å². The Kier molecular flexibility index (Phi) is 3.83. The molecule has 0 unspecified atom stereocenters. The molecule has 3 heteroatoms. The Hall–Kier alpha value is -0.960. The summed E-state index contributed by atoms with van der Waals surface area (Å²) in [4.78, 5) is 0. The molecule has 0 amide bonds. The van der Waals surface area contributed by atoms with E-state index in [4.69, 9.17) is 0 Å². The normalized spacial score (nSPS) is 15.0. The fourth-order valence-corrected chi connectivity index (χ4v) is 1.20. The van der Waals surface area contributed by atoms with Gasteiger partial charge in [-0.2, -0.15) is 0 Å². The monoisotopic (exact) mass is 181 g/mol. The zero-order valence-corrected chi connectivity index (χ0v) is 8.70. The molecule has 0 aromatic carbocycles. The standard InChI is InChI=1S/C10H19N3/c1-4-11-6-5-9-7-12-10(13-9)8(2)3/h7,11-13H,4-6H2,1-3H3. The number of hydrogen-bond donors (Lipinski definition) is 3. The SMILES string of the molecule is CCNCCC1=CNC(=C(C)C)N1. The lowest BCUT2D eigenvalue weighted by atomic mass is 10.3. The maximum absolute atomic E-state index is 3.34. The molecule has 0 atom stereocenters. The molecular weight excluding hydrogens is 162 g/mol. The van der Waals surface area contributed by atoms with Crippen LogP contribution in [0.1, 0.15) is 27.2 Å². The molecule has 0 aromatic rings. The second-order valence-corrected chi connectivity index (χ2v) is 3.42. The van der Waals surface area contributed by atoms with Crippen LogP contribution in [0.2, 0.25) is 0 Å². The highest BCUT2D eigenvalue weighted by Gasteiger charge is 2.07. The van der Waals surface area contributed by atoms with Gasteiger partial charge in [-0.05, 0) is 26.0 Å². The van der Waals surface area contributed by atoms with Gasteiger partial charge < -0.3 is 16.0 Å². The summed E-state index contributed by atoms with van der Waals surface area (Å²) >= 11 is 0. The summed E-state index contributed by atoms with van der Waals surface area (Å²) in [5, 5.41) is 9.85. The van der Waals surface area contributed by atoms with E-state index in [0.29, 0.717) is 0 Å². The first-order valence-electron chi connectivity index (χ1n) is 4.85. The van der Waals surface area contributed by atoms with Crippen LogP contribution in [0.3, 0.4) is 0 Å². The van der Waals surface area contributed by atoms with Crippen LogP contribution in [-0.2, 0) is 0 Å². The highest BCUT2D eigenvalue weighted by atomic mass is 15.1. The van der Waals surface area contributed by atoms with E-state index in [1.807, 2.05) is 6.20 Å². The molecule has 0 bridgehead atoms. The molecule has 0 saturated carbocycles. The Bertz CT molecular complexity index is 224. The van der Waals surface area contributed by atoms with Crippen molar-refractivity contribution in [3.63, 3.8) is 0 Å². The van der Waals surface area contributed by atoms with Crippen molar-refractivity contribution in [1.29, 1.82) is 0 Å². The van der Waals surface area contributed by atoms with Crippen molar-refractivity contribution in [3.05, 3.63) is 23.3 Å². The van der Waals surface area contributed by atoms with Crippen molar-refractivity contribution in [1.82, 2.24) is 16.0 Å². The molecule has 0 radical (unpaired) electrons. The Balaban J connectivity index is 2.28. The second-order valence-electron chi connectivity index (χ2n) is 3.42. The summed E-state index contributed by atoms with van der Waals surface area (Å²) in [6.45, 7) is 8.38. The van der Waals surface area contributed by atoms with E-state index < -0.39 is 0 Å². The van der Waals surface area contributed by atoms with Crippen LogP contribution in [-0.4, -0.2) is 13.1 Å². The van der Waals surface area contributed by atoms with E-state index >= 15 is 0 Å². The van der Waals surface area contributed by atoms with Crippen molar-refractivity contribution in [2.24, 2.45) is 0 Å². The molecule has 0 fully saturated rings. The predicted molar refractivity (Wildman–Crippen MR) is 55.9 cm³/mol. The second kappa shape index (κ2) is 4.92. The Morgan fingerprint density at radius 2 is 2.23 bits per heavy atom. The van der Waals surface area contributed by atoms with Gasteiger partial charge in [0.1, 0.15) is 5.82 Å². The topological polar surface area (TPSA) is 36.1 Å². The zero-order chi connectivity index (χ0) is 9.68. The summed E-state index contributed by atoms with van der Waals surface area (Å²) in [6.07, 6.45) is 3.09. The Morgan fingerprint density at radius 1 is 1.46 bits per heavy atom. The molecule has 1 heterocycles. The fraction of sp³-hybridized carbons (Fsp3) is 0.600. The third-order valence-electron chi connectivity index (χ3n) is 2.00. The third-order valence-corrected chi connectivity index (χ3v) is 2.00. The average molecular weight is 181 g/mol. The van der Waals surface area contributed by atoms with Crippen molar-refractivity contribution < 1.29 is 0 Å². The molecule has 0 aromatic heterocycles. The summed E-state index contributed by atoms with van der Waals surface area (Å²) in [5.41, 5.74) is 2.55. The van der Waals surface area contributed by atoms with Gasteiger partial charge in [-0.15, -0.1) is 0 Å². The van der Waals surface area contributed by atoms with E-state index in [1.54, 1.807) is 0 Å². The Morgan fingerprint density at radius 3 is 2.77 bits per heavy atom. The quantitative estimate of drug-likeness (QED) is 0.572. The minimum atomic E-state index is 1.03. The van der Waals surface area contributed by atoms with Gasteiger partial charge in [-0.3, -0.25) is 0 Å². The lowest BCUT2D eigenvalue weighted by Crippen LogP contribution is -2.18.